The second-order valence-corrected chi connectivity index (χ2v) is 9.14. The molecule has 1 saturated heterocycles. The summed E-state index contributed by atoms with van der Waals surface area (Å²) in [5.74, 6) is -0.881. The molecule has 0 aliphatic carbocycles. The predicted molar refractivity (Wildman–Crippen MR) is 105 cm³/mol. The Morgan fingerprint density at radius 2 is 2.00 bits per heavy atom. The first-order valence-electron chi connectivity index (χ1n) is 8.83. The van der Waals surface area contributed by atoms with Crippen molar-refractivity contribution in [3.8, 4) is 0 Å². The lowest BCUT2D eigenvalue weighted by Crippen LogP contribution is -2.35. The first-order chi connectivity index (χ1) is 13.4. The summed E-state index contributed by atoms with van der Waals surface area (Å²) in [6.07, 6.45) is 2.74. The van der Waals surface area contributed by atoms with Crippen LogP contribution in [-0.4, -0.2) is 49.8 Å². The van der Waals surface area contributed by atoms with E-state index >= 15 is 0 Å². The van der Waals surface area contributed by atoms with Gasteiger partial charge in [-0.2, -0.15) is 4.31 Å². The largest absolute Gasteiger partial charge is 0.469 e. The smallest absolute Gasteiger partial charge is 0.311 e. The van der Waals surface area contributed by atoms with E-state index in [2.05, 4.69) is 15.0 Å². The first-order valence-corrected chi connectivity index (χ1v) is 11.1. The summed E-state index contributed by atoms with van der Waals surface area (Å²) in [5, 5.41) is 4.62. The van der Waals surface area contributed by atoms with Crippen molar-refractivity contribution in [2.24, 2.45) is 0 Å². The van der Waals surface area contributed by atoms with Gasteiger partial charge >= 0.3 is 5.97 Å². The van der Waals surface area contributed by atoms with Crippen molar-refractivity contribution < 1.29 is 22.7 Å². The fraction of sp³-hybridized carbons (Fsp3) is 0.389. The highest BCUT2D eigenvalue weighted by Gasteiger charge is 2.26. The predicted octanol–water partition coefficient (Wildman–Crippen LogP) is 2.29. The van der Waals surface area contributed by atoms with Crippen molar-refractivity contribution in [1.29, 1.82) is 0 Å². The molecule has 1 aliphatic rings. The molecule has 0 radical (unpaired) electrons. The fourth-order valence-corrected chi connectivity index (χ4v) is 5.16. The van der Waals surface area contributed by atoms with E-state index in [0.717, 1.165) is 19.3 Å². The molecule has 0 atom stereocenters. The number of sulfonamides is 1. The van der Waals surface area contributed by atoms with Crippen molar-refractivity contribution in [1.82, 2.24) is 9.29 Å². The average Bonchev–Trinajstić information content (AvgIpc) is 3.15. The van der Waals surface area contributed by atoms with Gasteiger partial charge in [-0.05, 0) is 31.0 Å². The number of piperidine rings is 1. The van der Waals surface area contributed by atoms with Crippen LogP contribution in [0.25, 0.3) is 0 Å². The molecule has 2 heterocycles. The van der Waals surface area contributed by atoms with Crippen LogP contribution in [0.1, 0.15) is 35.3 Å². The summed E-state index contributed by atoms with van der Waals surface area (Å²) in [7, 11) is -2.32. The summed E-state index contributed by atoms with van der Waals surface area (Å²) in [5.41, 5.74) is 0.719. The second-order valence-electron chi connectivity index (χ2n) is 6.34. The molecule has 0 unspecified atom stereocenters. The molecule has 0 saturated carbocycles. The molecule has 0 spiro atoms. The van der Waals surface area contributed by atoms with Gasteiger partial charge in [0, 0.05) is 24.0 Å². The van der Waals surface area contributed by atoms with Gasteiger partial charge < -0.3 is 4.74 Å². The van der Waals surface area contributed by atoms with E-state index in [1.165, 1.54) is 34.9 Å². The first kappa shape index (κ1) is 20.4. The average molecular weight is 424 g/mol. The lowest BCUT2D eigenvalue weighted by atomic mass is 10.2. The number of thiazole rings is 1. The van der Waals surface area contributed by atoms with E-state index in [0.29, 0.717) is 23.9 Å². The van der Waals surface area contributed by atoms with Gasteiger partial charge in [-0.1, -0.05) is 12.5 Å². The highest BCUT2D eigenvalue weighted by atomic mass is 32.2. The van der Waals surface area contributed by atoms with Crippen molar-refractivity contribution in [3.63, 3.8) is 0 Å². The molecule has 1 aromatic carbocycles. The monoisotopic (exact) mass is 423 g/mol. The van der Waals surface area contributed by atoms with Crippen LogP contribution in [0.5, 0.6) is 0 Å². The van der Waals surface area contributed by atoms with Crippen molar-refractivity contribution in [2.45, 2.75) is 30.6 Å². The molecule has 3 rings (SSSR count). The topological polar surface area (TPSA) is 106 Å². The van der Waals surface area contributed by atoms with E-state index in [1.807, 2.05) is 0 Å². The number of ether oxygens (including phenoxy) is 1. The van der Waals surface area contributed by atoms with Gasteiger partial charge in [0.2, 0.25) is 10.0 Å². The summed E-state index contributed by atoms with van der Waals surface area (Å²) in [6.45, 7) is 1.00. The van der Waals surface area contributed by atoms with E-state index in [4.69, 9.17) is 0 Å². The quantitative estimate of drug-likeness (QED) is 0.715. The number of nitrogens with one attached hydrogen (secondary N) is 1. The van der Waals surface area contributed by atoms with Gasteiger partial charge in [-0.15, -0.1) is 11.3 Å². The summed E-state index contributed by atoms with van der Waals surface area (Å²) >= 11 is 1.18. The number of carbonyl (C=O) groups is 2. The number of aromatic nitrogens is 1. The zero-order valence-corrected chi connectivity index (χ0v) is 17.0. The minimum Gasteiger partial charge on any atom is -0.469 e. The molecule has 0 bridgehead atoms. The number of benzene rings is 1. The molecule has 1 fully saturated rings. The van der Waals surface area contributed by atoms with Crippen LogP contribution >= 0.6 is 11.3 Å². The number of hydrogen-bond donors (Lipinski definition) is 1. The number of carbonyl (C=O) groups excluding carboxylic acids is 2. The Balaban J connectivity index is 1.73. The Bertz CT molecular complexity index is 965. The Morgan fingerprint density at radius 3 is 2.71 bits per heavy atom. The van der Waals surface area contributed by atoms with Crippen molar-refractivity contribution in [3.05, 3.63) is 40.9 Å². The molecule has 1 aliphatic heterocycles. The molecule has 2 aromatic rings. The van der Waals surface area contributed by atoms with E-state index < -0.39 is 21.9 Å². The third-order valence-corrected chi connectivity index (χ3v) is 7.08. The minimum absolute atomic E-state index is 0.0203. The van der Waals surface area contributed by atoms with Crippen LogP contribution in [0.4, 0.5) is 5.13 Å². The number of amides is 1. The molecule has 28 heavy (non-hydrogen) atoms. The van der Waals surface area contributed by atoms with Crippen molar-refractivity contribution in [2.75, 3.05) is 25.5 Å². The van der Waals surface area contributed by atoms with Crippen molar-refractivity contribution >= 4 is 38.4 Å². The number of esters is 1. The van der Waals surface area contributed by atoms with Crippen LogP contribution in [0.3, 0.4) is 0 Å². The molecule has 1 N–H and O–H groups in total. The molecule has 8 nitrogen and oxygen atoms in total. The van der Waals surface area contributed by atoms with Gasteiger partial charge in [-0.25, -0.2) is 13.4 Å². The zero-order chi connectivity index (χ0) is 20.1. The Hall–Kier alpha value is -2.30. The maximum Gasteiger partial charge on any atom is 0.311 e. The third-order valence-electron chi connectivity index (χ3n) is 4.37. The van der Waals surface area contributed by atoms with Gasteiger partial charge in [0.15, 0.2) is 5.13 Å². The van der Waals surface area contributed by atoms with Crippen LogP contribution in [0.15, 0.2) is 34.5 Å². The maximum absolute atomic E-state index is 12.8. The molecule has 1 amide bonds. The van der Waals surface area contributed by atoms with Gasteiger partial charge in [0.25, 0.3) is 5.91 Å². The third kappa shape index (κ3) is 4.75. The summed E-state index contributed by atoms with van der Waals surface area (Å²) in [4.78, 5) is 28.1. The van der Waals surface area contributed by atoms with E-state index in [1.54, 1.807) is 17.5 Å². The number of nitrogens with zero attached hydrogens (tertiary/aromatic N) is 2. The lowest BCUT2D eigenvalue weighted by molar-refractivity contribution is -0.139. The fourth-order valence-electron chi connectivity index (χ4n) is 2.89. The normalized spacial score (nSPS) is 15.2. The van der Waals surface area contributed by atoms with Crippen LogP contribution in [0, 0.1) is 0 Å². The maximum atomic E-state index is 12.8. The molecule has 150 valence electrons. The van der Waals surface area contributed by atoms with Crippen LogP contribution in [-0.2, 0) is 26.0 Å². The highest BCUT2D eigenvalue weighted by Crippen LogP contribution is 2.22. The molecule has 1 aromatic heterocycles. The van der Waals surface area contributed by atoms with Crippen LogP contribution < -0.4 is 5.32 Å². The standard InChI is InChI=1S/C18H21N3O5S2/c1-26-16(22)11-14-12-27-18(19-14)20-17(23)13-6-5-7-15(10-13)28(24,25)21-8-3-2-4-9-21/h5-7,10,12H,2-4,8-9,11H2,1H3,(H,19,20,23). The lowest BCUT2D eigenvalue weighted by Gasteiger charge is -2.26. The highest BCUT2D eigenvalue weighted by molar-refractivity contribution is 7.89. The molecular formula is C18H21N3O5S2. The Kier molecular flexibility index (Phi) is 6.42. The number of hydrogen-bond acceptors (Lipinski definition) is 7. The van der Waals surface area contributed by atoms with Gasteiger partial charge in [0.1, 0.15) is 0 Å². The SMILES string of the molecule is COC(=O)Cc1csc(NC(=O)c2cccc(S(=O)(=O)N3CCCCC3)c2)n1. The molecular weight excluding hydrogens is 402 g/mol. The summed E-state index contributed by atoms with van der Waals surface area (Å²) in [6, 6.07) is 5.98. The second kappa shape index (κ2) is 8.80. The Labute approximate surface area is 167 Å². The number of anilines is 1. The minimum atomic E-state index is -3.61. The zero-order valence-electron chi connectivity index (χ0n) is 15.4. The van der Waals surface area contributed by atoms with Gasteiger partial charge in [-0.3, -0.25) is 14.9 Å². The van der Waals surface area contributed by atoms with E-state index in [-0.39, 0.29) is 16.9 Å². The Morgan fingerprint density at radius 1 is 1.25 bits per heavy atom. The number of methoxy groups -OCH3 is 1. The summed E-state index contributed by atoms with van der Waals surface area (Å²) < 4.78 is 31.6. The van der Waals surface area contributed by atoms with Crippen LogP contribution in [0.2, 0.25) is 0 Å². The molecule has 10 heteroatoms. The number of rotatable bonds is 6. The van der Waals surface area contributed by atoms with E-state index in [9.17, 15) is 18.0 Å². The van der Waals surface area contributed by atoms with Gasteiger partial charge in [0.05, 0.1) is 24.1 Å².